The van der Waals surface area contributed by atoms with Crippen LogP contribution in [0, 0.1) is 18.3 Å². The predicted octanol–water partition coefficient (Wildman–Crippen LogP) is 3.45. The van der Waals surface area contributed by atoms with Gasteiger partial charge in [0.1, 0.15) is 11.5 Å². The van der Waals surface area contributed by atoms with Crippen molar-refractivity contribution < 1.29 is 14.3 Å². The average Bonchev–Trinajstić information content (AvgIpc) is 2.87. The molecule has 0 aliphatic heterocycles. The number of rotatable bonds is 3. The van der Waals surface area contributed by atoms with Crippen molar-refractivity contribution in [2.75, 3.05) is 6.61 Å². The molecule has 2 aliphatic carbocycles. The number of carbonyl (C=O) groups excluding carboxylic acids is 1. The Morgan fingerprint density at radius 2 is 2.00 bits per heavy atom. The third-order valence-corrected chi connectivity index (χ3v) is 5.48. The van der Waals surface area contributed by atoms with E-state index in [4.69, 9.17) is 4.42 Å². The van der Waals surface area contributed by atoms with Gasteiger partial charge in [-0.15, -0.1) is 0 Å². The maximum absolute atomic E-state index is 12.5. The second kappa shape index (κ2) is 6.79. The van der Waals surface area contributed by atoms with Crippen LogP contribution in [0.3, 0.4) is 0 Å². The number of aliphatic hydroxyl groups excluding tert-OH is 1. The molecule has 3 N–H and O–H groups in total. The first-order chi connectivity index (χ1) is 11.4. The molecule has 1 atom stereocenters. The summed E-state index contributed by atoms with van der Waals surface area (Å²) in [6, 6.07) is 2.20. The minimum Gasteiger partial charge on any atom is -0.466 e. The van der Waals surface area contributed by atoms with Crippen molar-refractivity contribution in [3.63, 3.8) is 0 Å². The highest BCUT2D eigenvalue weighted by atomic mass is 16.3. The van der Waals surface area contributed by atoms with E-state index in [-0.39, 0.29) is 30.1 Å². The molecule has 5 nitrogen and oxygen atoms in total. The van der Waals surface area contributed by atoms with Crippen LogP contribution in [0.5, 0.6) is 0 Å². The Kier molecular flexibility index (Phi) is 4.90. The number of hydrogen-bond donors (Lipinski definition) is 3. The summed E-state index contributed by atoms with van der Waals surface area (Å²) < 4.78 is 5.83. The Morgan fingerprint density at radius 3 is 2.67 bits per heavy atom. The van der Waals surface area contributed by atoms with Crippen LogP contribution in [-0.4, -0.2) is 23.8 Å². The fraction of sp³-hybridized carbons (Fsp3) is 0.737. The lowest BCUT2D eigenvalue weighted by atomic mass is 9.75. The Hall–Kier alpha value is -1.49. The molecule has 0 bridgehead atoms. The number of aryl methyl sites for hydroxylation is 1. The summed E-state index contributed by atoms with van der Waals surface area (Å²) in [5, 5.41) is 15.5. The van der Waals surface area contributed by atoms with Crippen LogP contribution in [0.15, 0.2) is 10.5 Å². The topological polar surface area (TPSA) is 74.5 Å². The molecule has 24 heavy (non-hydrogen) atoms. The summed E-state index contributed by atoms with van der Waals surface area (Å²) in [5.41, 5.74) is 1.25. The van der Waals surface area contributed by atoms with E-state index in [0.717, 1.165) is 55.6 Å². The molecular weight excluding hydrogens is 304 g/mol. The summed E-state index contributed by atoms with van der Waals surface area (Å²) in [5.74, 6) is 2.33. The first-order valence-electron chi connectivity index (χ1n) is 9.13. The average molecular weight is 334 g/mol. The highest BCUT2D eigenvalue weighted by Gasteiger charge is 2.35. The summed E-state index contributed by atoms with van der Waals surface area (Å²) in [6.07, 6.45) is 5.71. The first-order valence-corrected chi connectivity index (χ1v) is 9.13. The molecule has 3 rings (SSSR count). The Bertz CT molecular complexity index is 585. The van der Waals surface area contributed by atoms with Gasteiger partial charge in [0, 0.05) is 24.6 Å². The van der Waals surface area contributed by atoms with E-state index in [1.54, 1.807) is 0 Å². The molecule has 0 aromatic carbocycles. The highest BCUT2D eigenvalue weighted by molar-refractivity contribution is 5.75. The van der Waals surface area contributed by atoms with Gasteiger partial charge in [-0.1, -0.05) is 13.8 Å². The lowest BCUT2D eigenvalue weighted by Crippen LogP contribution is -2.46. The van der Waals surface area contributed by atoms with Gasteiger partial charge in [0.2, 0.25) is 0 Å². The van der Waals surface area contributed by atoms with Crippen molar-refractivity contribution in [2.45, 2.75) is 71.4 Å². The molecule has 134 valence electrons. The zero-order chi connectivity index (χ0) is 17.3. The third kappa shape index (κ3) is 3.94. The largest absolute Gasteiger partial charge is 0.466 e. The third-order valence-electron chi connectivity index (χ3n) is 5.48. The summed E-state index contributed by atoms with van der Waals surface area (Å²) in [4.78, 5) is 12.5. The zero-order valence-corrected chi connectivity index (χ0v) is 15.0. The van der Waals surface area contributed by atoms with E-state index >= 15 is 0 Å². The molecule has 1 aromatic heterocycles. The van der Waals surface area contributed by atoms with Crippen molar-refractivity contribution in [1.82, 2.24) is 10.6 Å². The molecule has 1 unspecified atom stereocenters. The van der Waals surface area contributed by atoms with E-state index in [1.165, 1.54) is 0 Å². The van der Waals surface area contributed by atoms with Crippen LogP contribution in [0.2, 0.25) is 0 Å². The van der Waals surface area contributed by atoms with E-state index in [1.807, 2.05) is 6.92 Å². The second-order valence-corrected chi connectivity index (χ2v) is 8.35. The van der Waals surface area contributed by atoms with Crippen LogP contribution in [0.25, 0.3) is 0 Å². The van der Waals surface area contributed by atoms with Gasteiger partial charge >= 0.3 is 6.03 Å². The van der Waals surface area contributed by atoms with Crippen LogP contribution in [-0.2, 0) is 6.42 Å². The van der Waals surface area contributed by atoms with Crippen LogP contribution < -0.4 is 10.6 Å². The quantitative estimate of drug-likeness (QED) is 0.792. The molecule has 2 amide bonds. The molecule has 0 spiro atoms. The number of fused-ring (bicyclic) bond motifs is 1. The van der Waals surface area contributed by atoms with Gasteiger partial charge in [0.15, 0.2) is 0 Å². The standard InChI is InChI=1S/C19H30N2O3/c1-12-8-15-16(9-19(2,3)10-17(15)24-12)21-18(23)20-14-6-4-13(11-22)5-7-14/h8,13-14,16,22H,4-7,9-11H2,1-3H3,(H2,20,21,23). The smallest absolute Gasteiger partial charge is 0.315 e. The fourth-order valence-electron chi connectivity index (χ4n) is 4.19. The van der Waals surface area contributed by atoms with Crippen molar-refractivity contribution in [1.29, 1.82) is 0 Å². The van der Waals surface area contributed by atoms with Crippen LogP contribution in [0.4, 0.5) is 4.79 Å². The zero-order valence-electron chi connectivity index (χ0n) is 15.0. The summed E-state index contributed by atoms with van der Waals surface area (Å²) in [6.45, 7) is 6.66. The highest BCUT2D eigenvalue weighted by Crippen LogP contribution is 2.42. The monoisotopic (exact) mass is 334 g/mol. The van der Waals surface area contributed by atoms with E-state index < -0.39 is 0 Å². The van der Waals surface area contributed by atoms with E-state index in [9.17, 15) is 9.90 Å². The molecule has 1 aromatic rings. The predicted molar refractivity (Wildman–Crippen MR) is 92.8 cm³/mol. The molecule has 0 radical (unpaired) electrons. The summed E-state index contributed by atoms with van der Waals surface area (Å²) >= 11 is 0. The van der Waals surface area contributed by atoms with Gasteiger partial charge in [-0.3, -0.25) is 0 Å². The molecule has 1 fully saturated rings. The van der Waals surface area contributed by atoms with E-state index in [0.29, 0.717) is 5.92 Å². The Balaban J connectivity index is 1.60. The van der Waals surface area contributed by atoms with E-state index in [2.05, 4.69) is 30.5 Å². The molecule has 2 aliphatic rings. The second-order valence-electron chi connectivity index (χ2n) is 8.35. The van der Waals surface area contributed by atoms with Crippen LogP contribution >= 0.6 is 0 Å². The SMILES string of the molecule is Cc1cc2c(o1)CC(C)(C)CC2NC(=O)NC1CCC(CO)CC1. The van der Waals surface area contributed by atoms with Gasteiger partial charge in [-0.2, -0.15) is 0 Å². The van der Waals surface area contributed by atoms with Gasteiger partial charge in [-0.25, -0.2) is 4.79 Å². The fourth-order valence-corrected chi connectivity index (χ4v) is 4.19. The number of furan rings is 1. The van der Waals surface area contributed by atoms with Gasteiger partial charge in [0.05, 0.1) is 6.04 Å². The van der Waals surface area contributed by atoms with Gasteiger partial charge in [0.25, 0.3) is 0 Å². The minimum absolute atomic E-state index is 0.00924. The number of urea groups is 1. The number of nitrogens with one attached hydrogen (secondary N) is 2. The number of amides is 2. The van der Waals surface area contributed by atoms with Gasteiger partial charge < -0.3 is 20.2 Å². The lowest BCUT2D eigenvalue weighted by Gasteiger charge is -2.35. The lowest BCUT2D eigenvalue weighted by molar-refractivity contribution is 0.172. The molecule has 5 heteroatoms. The first kappa shape index (κ1) is 17.3. The summed E-state index contributed by atoms with van der Waals surface area (Å²) in [7, 11) is 0. The van der Waals surface area contributed by atoms with Crippen molar-refractivity contribution in [3.8, 4) is 0 Å². The Labute approximate surface area is 144 Å². The van der Waals surface area contributed by atoms with Crippen molar-refractivity contribution in [3.05, 3.63) is 23.2 Å². The number of carbonyl (C=O) groups is 1. The van der Waals surface area contributed by atoms with Crippen LogP contribution in [0.1, 0.15) is 69.1 Å². The maximum Gasteiger partial charge on any atom is 0.315 e. The molecular formula is C19H30N2O3. The number of hydrogen-bond acceptors (Lipinski definition) is 3. The van der Waals surface area contributed by atoms with Crippen molar-refractivity contribution in [2.24, 2.45) is 11.3 Å². The van der Waals surface area contributed by atoms with Gasteiger partial charge in [-0.05, 0) is 56.4 Å². The molecule has 0 saturated heterocycles. The Morgan fingerprint density at radius 1 is 1.29 bits per heavy atom. The minimum atomic E-state index is -0.0880. The normalized spacial score (nSPS) is 28.9. The van der Waals surface area contributed by atoms with Crippen molar-refractivity contribution >= 4 is 6.03 Å². The molecule has 1 saturated carbocycles. The molecule has 1 heterocycles. The maximum atomic E-state index is 12.5. The number of aliphatic hydroxyl groups is 1.